The number of carbonyl (C=O) groups is 1. The highest BCUT2D eigenvalue weighted by Gasteiger charge is 2.30. The van der Waals surface area contributed by atoms with E-state index in [1.807, 2.05) is 11.8 Å². The first-order chi connectivity index (χ1) is 9.08. The molecule has 19 heavy (non-hydrogen) atoms. The normalized spacial score (nSPS) is 16.7. The molecule has 1 aliphatic heterocycles. The van der Waals surface area contributed by atoms with Crippen LogP contribution in [0.5, 0.6) is 0 Å². The van der Waals surface area contributed by atoms with Crippen LogP contribution >= 0.6 is 11.6 Å². The van der Waals surface area contributed by atoms with Gasteiger partial charge < -0.3 is 15.3 Å². The molecule has 2 rings (SSSR count). The van der Waals surface area contributed by atoms with Gasteiger partial charge in [0, 0.05) is 24.3 Å². The Morgan fingerprint density at radius 2 is 2.32 bits per heavy atom. The second kappa shape index (κ2) is 5.47. The largest absolute Gasteiger partial charge is 0.378 e. The minimum Gasteiger partial charge on any atom is -0.378 e. The third kappa shape index (κ3) is 2.50. The highest BCUT2D eigenvalue weighted by Crippen LogP contribution is 2.38. The van der Waals surface area contributed by atoms with Crippen molar-refractivity contribution in [2.45, 2.75) is 19.4 Å². The lowest BCUT2D eigenvalue weighted by Gasteiger charge is -2.23. The van der Waals surface area contributed by atoms with Crippen molar-refractivity contribution in [1.82, 2.24) is 0 Å². The van der Waals surface area contributed by atoms with Crippen LogP contribution in [0.3, 0.4) is 0 Å². The van der Waals surface area contributed by atoms with Gasteiger partial charge in [0.2, 0.25) is 0 Å². The van der Waals surface area contributed by atoms with Gasteiger partial charge in [-0.05, 0) is 19.1 Å². The predicted octanol–water partition coefficient (Wildman–Crippen LogP) is 2.07. The van der Waals surface area contributed by atoms with Crippen LogP contribution in [-0.2, 0) is 4.79 Å². The summed E-state index contributed by atoms with van der Waals surface area (Å²) in [4.78, 5) is 13.4. The summed E-state index contributed by atoms with van der Waals surface area (Å²) in [5.74, 6) is -0.441. The van der Waals surface area contributed by atoms with Gasteiger partial charge in [0.25, 0.3) is 5.91 Å². The second-order valence-electron chi connectivity index (χ2n) is 4.27. The summed E-state index contributed by atoms with van der Waals surface area (Å²) in [6, 6.07) is 5.44. The van der Waals surface area contributed by atoms with Crippen molar-refractivity contribution >= 4 is 28.9 Å². The number of nitrogens with one attached hydrogen (secondary N) is 1. The van der Waals surface area contributed by atoms with Gasteiger partial charge in [-0.3, -0.25) is 4.79 Å². The van der Waals surface area contributed by atoms with E-state index in [1.165, 1.54) is 0 Å². The number of rotatable bonds is 4. The highest BCUT2D eigenvalue weighted by molar-refractivity contribution is 6.33. The summed E-state index contributed by atoms with van der Waals surface area (Å²) in [5, 5.41) is 21.4. The van der Waals surface area contributed by atoms with Gasteiger partial charge in [-0.1, -0.05) is 11.6 Å². The number of anilines is 2. The van der Waals surface area contributed by atoms with Gasteiger partial charge in [0.05, 0.1) is 23.2 Å². The summed E-state index contributed by atoms with van der Waals surface area (Å²) in [6.07, 6.45) is -0.758. The zero-order valence-corrected chi connectivity index (χ0v) is 11.2. The summed E-state index contributed by atoms with van der Waals surface area (Å²) < 4.78 is 0. The Kier molecular flexibility index (Phi) is 3.93. The fraction of sp³-hybridized carbons (Fsp3) is 0.385. The molecule has 6 heteroatoms. The quantitative estimate of drug-likeness (QED) is 0.884. The Morgan fingerprint density at radius 3 is 2.95 bits per heavy atom. The zero-order valence-electron chi connectivity index (χ0n) is 10.5. The van der Waals surface area contributed by atoms with Crippen LogP contribution in [0.25, 0.3) is 0 Å². The molecule has 0 saturated heterocycles. The number of hydrogen-bond acceptors (Lipinski definition) is 4. The number of hydrogen-bond donors (Lipinski definition) is 2. The van der Waals surface area contributed by atoms with Crippen molar-refractivity contribution < 1.29 is 9.90 Å². The maximum Gasteiger partial charge on any atom is 0.257 e. The van der Waals surface area contributed by atoms with E-state index in [4.69, 9.17) is 16.9 Å². The molecule has 1 atom stereocenters. The van der Waals surface area contributed by atoms with E-state index in [0.717, 1.165) is 5.69 Å². The zero-order chi connectivity index (χ0) is 14.0. The first kappa shape index (κ1) is 13.7. The number of fused-ring (bicyclic) bond motifs is 1. The Balaban J connectivity index is 2.36. The monoisotopic (exact) mass is 279 g/mol. The van der Waals surface area contributed by atoms with Crippen molar-refractivity contribution in [3.63, 3.8) is 0 Å². The van der Waals surface area contributed by atoms with Crippen LogP contribution in [0.1, 0.15) is 25.0 Å². The summed E-state index contributed by atoms with van der Waals surface area (Å²) >= 11 is 6.20. The second-order valence-corrected chi connectivity index (χ2v) is 4.68. The molecule has 0 aromatic heterocycles. The van der Waals surface area contributed by atoms with Gasteiger partial charge >= 0.3 is 0 Å². The Labute approximate surface area is 116 Å². The minimum atomic E-state index is -1.16. The Morgan fingerprint density at radius 1 is 1.58 bits per heavy atom. The molecule has 1 unspecified atom stereocenters. The fourth-order valence-electron chi connectivity index (χ4n) is 2.13. The summed E-state index contributed by atoms with van der Waals surface area (Å²) in [5.41, 5.74) is 1.83. The summed E-state index contributed by atoms with van der Waals surface area (Å²) in [7, 11) is 0. The van der Waals surface area contributed by atoms with Gasteiger partial charge in [0.15, 0.2) is 6.10 Å². The number of nitriles is 1. The molecule has 1 aromatic rings. The van der Waals surface area contributed by atoms with Crippen molar-refractivity contribution in [1.29, 1.82) is 5.26 Å². The average molecular weight is 280 g/mol. The molecule has 1 amide bonds. The standard InChI is InChI=1S/C13H14ClN3O2/c1-2-17(5-3-4-15)11-7-10-8(6-9(11)14)12(18)13(19)16-10/h6-7,12,18H,2-3,5H2,1H3,(H,16,19). The van der Waals surface area contributed by atoms with Crippen molar-refractivity contribution in [2.24, 2.45) is 0 Å². The van der Waals surface area contributed by atoms with Gasteiger partial charge in [-0.15, -0.1) is 0 Å². The van der Waals surface area contributed by atoms with E-state index in [0.29, 0.717) is 35.8 Å². The lowest BCUT2D eigenvalue weighted by molar-refractivity contribution is -0.123. The Hall–Kier alpha value is -1.77. The third-order valence-corrected chi connectivity index (χ3v) is 3.44. The van der Waals surface area contributed by atoms with Crippen LogP contribution < -0.4 is 10.2 Å². The molecule has 5 nitrogen and oxygen atoms in total. The fourth-order valence-corrected chi connectivity index (χ4v) is 2.42. The molecule has 2 N–H and O–H groups in total. The molecule has 0 saturated carbocycles. The molecule has 0 radical (unpaired) electrons. The molecule has 0 aliphatic carbocycles. The molecule has 0 spiro atoms. The molecular formula is C13H14ClN3O2. The van der Waals surface area contributed by atoms with E-state index >= 15 is 0 Å². The molecular weight excluding hydrogens is 266 g/mol. The van der Waals surface area contributed by atoms with E-state index in [1.54, 1.807) is 12.1 Å². The smallest absolute Gasteiger partial charge is 0.257 e. The molecule has 1 aromatic carbocycles. The van der Waals surface area contributed by atoms with Crippen LogP contribution in [0.4, 0.5) is 11.4 Å². The number of benzene rings is 1. The number of aliphatic hydroxyl groups is 1. The van der Waals surface area contributed by atoms with Crippen molar-refractivity contribution in [2.75, 3.05) is 23.3 Å². The molecule has 100 valence electrons. The van der Waals surface area contributed by atoms with Crippen LogP contribution in [-0.4, -0.2) is 24.1 Å². The minimum absolute atomic E-state index is 0.399. The maximum atomic E-state index is 11.4. The number of nitrogens with zero attached hydrogens (tertiary/aromatic N) is 2. The van der Waals surface area contributed by atoms with Crippen molar-refractivity contribution in [3.8, 4) is 6.07 Å². The first-order valence-corrected chi connectivity index (χ1v) is 6.40. The van der Waals surface area contributed by atoms with E-state index in [9.17, 15) is 9.90 Å². The number of aliphatic hydroxyl groups excluding tert-OH is 1. The lowest BCUT2D eigenvalue weighted by Crippen LogP contribution is -2.24. The average Bonchev–Trinajstić information content (AvgIpc) is 2.66. The maximum absolute atomic E-state index is 11.4. The van der Waals surface area contributed by atoms with Crippen molar-refractivity contribution in [3.05, 3.63) is 22.7 Å². The number of amides is 1. The molecule has 0 bridgehead atoms. The third-order valence-electron chi connectivity index (χ3n) is 3.14. The molecule has 1 aliphatic rings. The molecule has 1 heterocycles. The first-order valence-electron chi connectivity index (χ1n) is 6.02. The van der Waals surface area contributed by atoms with E-state index in [-0.39, 0.29) is 0 Å². The Bertz CT molecular complexity index is 554. The molecule has 0 fully saturated rings. The predicted molar refractivity (Wildman–Crippen MR) is 73.2 cm³/mol. The van der Waals surface area contributed by atoms with Gasteiger partial charge in [-0.2, -0.15) is 5.26 Å². The van der Waals surface area contributed by atoms with E-state index in [2.05, 4.69) is 11.4 Å². The lowest BCUT2D eigenvalue weighted by atomic mass is 10.1. The van der Waals surface area contributed by atoms with Gasteiger partial charge in [0.1, 0.15) is 0 Å². The topological polar surface area (TPSA) is 76.4 Å². The van der Waals surface area contributed by atoms with Crippen LogP contribution in [0.2, 0.25) is 5.02 Å². The van der Waals surface area contributed by atoms with Crippen LogP contribution in [0.15, 0.2) is 12.1 Å². The SMILES string of the molecule is CCN(CCC#N)c1cc2c(cc1Cl)C(O)C(=O)N2. The van der Waals surface area contributed by atoms with Crippen LogP contribution in [0, 0.1) is 11.3 Å². The number of carbonyl (C=O) groups excluding carboxylic acids is 1. The van der Waals surface area contributed by atoms with E-state index < -0.39 is 12.0 Å². The highest BCUT2D eigenvalue weighted by atomic mass is 35.5. The summed E-state index contributed by atoms with van der Waals surface area (Å²) in [6.45, 7) is 3.24. The van der Waals surface area contributed by atoms with Gasteiger partial charge in [-0.25, -0.2) is 0 Å². The number of halogens is 1.